The summed E-state index contributed by atoms with van der Waals surface area (Å²) >= 11 is 0. The molecule has 1 aliphatic rings. The fourth-order valence-corrected chi connectivity index (χ4v) is 2.39. The summed E-state index contributed by atoms with van der Waals surface area (Å²) in [5.41, 5.74) is 7.33. The first kappa shape index (κ1) is 14.1. The predicted octanol–water partition coefficient (Wildman–Crippen LogP) is 1.10. The zero-order chi connectivity index (χ0) is 13.7. The molecule has 0 spiro atoms. The van der Waals surface area contributed by atoms with E-state index in [1.165, 1.54) is 0 Å². The molecule has 2 rings (SSSR count). The number of ether oxygens (including phenoxy) is 1. The minimum Gasteiger partial charge on any atom is -0.385 e. The molecule has 5 heteroatoms. The van der Waals surface area contributed by atoms with Gasteiger partial charge in [-0.2, -0.15) is 0 Å². The molecular formula is C14H23N3O2. The molecular weight excluding hydrogens is 242 g/mol. The van der Waals surface area contributed by atoms with Gasteiger partial charge in [0.1, 0.15) is 0 Å². The predicted molar refractivity (Wildman–Crippen MR) is 76.6 cm³/mol. The van der Waals surface area contributed by atoms with Gasteiger partial charge in [-0.1, -0.05) is 0 Å². The van der Waals surface area contributed by atoms with Crippen LogP contribution >= 0.6 is 0 Å². The van der Waals surface area contributed by atoms with E-state index in [9.17, 15) is 4.79 Å². The van der Waals surface area contributed by atoms with Crippen LogP contribution in [0.3, 0.4) is 0 Å². The van der Waals surface area contributed by atoms with Crippen LogP contribution in [0.1, 0.15) is 25.0 Å². The average molecular weight is 265 g/mol. The summed E-state index contributed by atoms with van der Waals surface area (Å²) in [5, 5.41) is 3.22. The molecule has 0 aliphatic carbocycles. The Labute approximate surface area is 113 Å². The Morgan fingerprint density at radius 2 is 2.37 bits per heavy atom. The van der Waals surface area contributed by atoms with Crippen LogP contribution in [0.2, 0.25) is 0 Å². The molecule has 1 fully saturated rings. The molecule has 0 bridgehead atoms. The quantitative estimate of drug-likeness (QED) is 0.756. The summed E-state index contributed by atoms with van der Waals surface area (Å²) in [6, 6.07) is 3.66. The third kappa shape index (κ3) is 3.81. The van der Waals surface area contributed by atoms with Crippen LogP contribution in [0.15, 0.2) is 16.9 Å². The molecule has 1 unspecified atom stereocenters. The number of pyridine rings is 1. The largest absolute Gasteiger partial charge is 0.385 e. The van der Waals surface area contributed by atoms with Crippen LogP contribution in [0.25, 0.3) is 0 Å². The van der Waals surface area contributed by atoms with Gasteiger partial charge < -0.3 is 20.4 Å². The van der Waals surface area contributed by atoms with Crippen molar-refractivity contribution in [2.45, 2.75) is 38.8 Å². The molecule has 1 aromatic heterocycles. The lowest BCUT2D eigenvalue weighted by Crippen LogP contribution is -2.28. The monoisotopic (exact) mass is 265 g/mol. The molecule has 1 aromatic rings. The van der Waals surface area contributed by atoms with E-state index in [2.05, 4.69) is 5.32 Å². The minimum atomic E-state index is 0.0331. The molecule has 0 aromatic carbocycles. The molecule has 1 saturated heterocycles. The second-order valence-corrected chi connectivity index (χ2v) is 5.04. The van der Waals surface area contributed by atoms with Crippen LogP contribution in [-0.2, 0) is 11.3 Å². The van der Waals surface area contributed by atoms with Crippen molar-refractivity contribution in [2.75, 3.05) is 25.0 Å². The number of nitrogens with two attached hydrogens (primary N) is 1. The Morgan fingerprint density at radius 3 is 3.00 bits per heavy atom. The highest BCUT2D eigenvalue weighted by atomic mass is 16.5. The summed E-state index contributed by atoms with van der Waals surface area (Å²) < 4.78 is 7.38. The zero-order valence-corrected chi connectivity index (χ0v) is 11.5. The van der Waals surface area contributed by atoms with Gasteiger partial charge in [-0.25, -0.2) is 0 Å². The van der Waals surface area contributed by atoms with Crippen LogP contribution in [0.4, 0.5) is 5.69 Å². The Bertz CT molecular complexity index is 464. The van der Waals surface area contributed by atoms with E-state index in [0.29, 0.717) is 13.1 Å². The number of nitrogens with zero attached hydrogens (tertiary/aromatic N) is 1. The summed E-state index contributed by atoms with van der Waals surface area (Å²) in [6.45, 7) is 4.89. The second-order valence-electron chi connectivity index (χ2n) is 5.04. The van der Waals surface area contributed by atoms with Gasteiger partial charge in [0.2, 0.25) is 0 Å². The number of rotatable bonds is 6. The number of aryl methyl sites for hydroxylation is 1. The Balaban J connectivity index is 2.05. The average Bonchev–Trinajstić information content (AvgIpc) is 2.87. The normalized spacial score (nSPS) is 18.7. The van der Waals surface area contributed by atoms with E-state index in [1.54, 1.807) is 10.6 Å². The van der Waals surface area contributed by atoms with Crippen LogP contribution in [-0.4, -0.2) is 30.4 Å². The van der Waals surface area contributed by atoms with Gasteiger partial charge in [0.05, 0.1) is 12.6 Å². The molecule has 0 saturated carbocycles. The van der Waals surface area contributed by atoms with Gasteiger partial charge in [-0.05, 0) is 38.8 Å². The molecule has 106 valence electrons. The van der Waals surface area contributed by atoms with Crippen molar-refractivity contribution in [3.8, 4) is 0 Å². The van der Waals surface area contributed by atoms with E-state index in [-0.39, 0.29) is 11.7 Å². The Hall–Kier alpha value is -1.33. The molecule has 0 radical (unpaired) electrons. The van der Waals surface area contributed by atoms with Crippen molar-refractivity contribution >= 4 is 5.69 Å². The number of hydrogen-bond donors (Lipinski definition) is 2. The maximum Gasteiger partial charge on any atom is 0.252 e. The van der Waals surface area contributed by atoms with E-state index in [4.69, 9.17) is 10.5 Å². The molecule has 1 atom stereocenters. The maximum atomic E-state index is 12.1. The standard InChI is InChI=1S/C14H23N3O2/c1-11-8-12(16-6-3-5-15)9-14(18)17(11)10-13-4-2-7-19-13/h8-9,13,16H,2-7,10,15H2,1H3. The summed E-state index contributed by atoms with van der Waals surface area (Å²) in [6.07, 6.45) is 3.23. The highest BCUT2D eigenvalue weighted by Gasteiger charge is 2.17. The lowest BCUT2D eigenvalue weighted by atomic mass is 10.2. The molecule has 5 nitrogen and oxygen atoms in total. The Kier molecular flexibility index (Phi) is 4.99. The summed E-state index contributed by atoms with van der Waals surface area (Å²) in [7, 11) is 0. The topological polar surface area (TPSA) is 69.3 Å². The molecule has 0 amide bonds. The van der Waals surface area contributed by atoms with Gasteiger partial charge in [-0.3, -0.25) is 4.79 Å². The van der Waals surface area contributed by atoms with Crippen LogP contribution in [0.5, 0.6) is 0 Å². The van der Waals surface area contributed by atoms with Gasteiger partial charge in [-0.15, -0.1) is 0 Å². The number of aromatic nitrogens is 1. The highest BCUT2D eigenvalue weighted by Crippen LogP contribution is 2.15. The second kappa shape index (κ2) is 6.73. The SMILES string of the molecule is Cc1cc(NCCCN)cc(=O)n1CC1CCCO1. The van der Waals surface area contributed by atoms with Gasteiger partial charge >= 0.3 is 0 Å². The third-order valence-corrected chi connectivity index (χ3v) is 3.46. The number of anilines is 1. The molecule has 2 heterocycles. The first-order valence-electron chi connectivity index (χ1n) is 6.97. The molecule has 19 heavy (non-hydrogen) atoms. The summed E-state index contributed by atoms with van der Waals surface area (Å²) in [5.74, 6) is 0. The molecule has 3 N–H and O–H groups in total. The van der Waals surface area contributed by atoms with E-state index < -0.39 is 0 Å². The van der Waals surface area contributed by atoms with Crippen molar-refractivity contribution in [3.05, 3.63) is 28.2 Å². The van der Waals surface area contributed by atoms with Gasteiger partial charge in [0, 0.05) is 30.6 Å². The van der Waals surface area contributed by atoms with Crippen molar-refractivity contribution in [1.82, 2.24) is 4.57 Å². The first-order chi connectivity index (χ1) is 9.20. The minimum absolute atomic E-state index is 0.0331. The van der Waals surface area contributed by atoms with Gasteiger partial charge in [0.25, 0.3) is 5.56 Å². The van der Waals surface area contributed by atoms with E-state index in [1.807, 2.05) is 13.0 Å². The number of hydrogen-bond acceptors (Lipinski definition) is 4. The highest BCUT2D eigenvalue weighted by molar-refractivity contribution is 5.43. The lowest BCUT2D eigenvalue weighted by Gasteiger charge is -2.16. The van der Waals surface area contributed by atoms with Crippen LogP contribution < -0.4 is 16.6 Å². The summed E-state index contributed by atoms with van der Waals surface area (Å²) in [4.78, 5) is 12.1. The fourth-order valence-electron chi connectivity index (χ4n) is 2.39. The molecule has 1 aliphatic heterocycles. The smallest absolute Gasteiger partial charge is 0.252 e. The van der Waals surface area contributed by atoms with Crippen molar-refractivity contribution in [2.24, 2.45) is 5.73 Å². The lowest BCUT2D eigenvalue weighted by molar-refractivity contribution is 0.0956. The van der Waals surface area contributed by atoms with Crippen LogP contribution in [0, 0.1) is 6.92 Å². The third-order valence-electron chi connectivity index (χ3n) is 3.46. The number of nitrogens with one attached hydrogen (secondary N) is 1. The first-order valence-corrected chi connectivity index (χ1v) is 6.97. The van der Waals surface area contributed by atoms with Crippen molar-refractivity contribution < 1.29 is 4.74 Å². The van der Waals surface area contributed by atoms with Gasteiger partial charge in [0.15, 0.2) is 0 Å². The van der Waals surface area contributed by atoms with E-state index >= 15 is 0 Å². The zero-order valence-electron chi connectivity index (χ0n) is 11.5. The maximum absolute atomic E-state index is 12.1. The van der Waals surface area contributed by atoms with Crippen molar-refractivity contribution in [1.29, 1.82) is 0 Å². The fraction of sp³-hybridized carbons (Fsp3) is 0.643. The van der Waals surface area contributed by atoms with E-state index in [0.717, 1.165) is 43.8 Å². The van der Waals surface area contributed by atoms with Crippen molar-refractivity contribution in [3.63, 3.8) is 0 Å². The Morgan fingerprint density at radius 1 is 1.53 bits per heavy atom.